The fourth-order valence-electron chi connectivity index (χ4n) is 3.05. The number of benzene rings is 1. The summed E-state index contributed by atoms with van der Waals surface area (Å²) in [5, 5.41) is 10.1. The van der Waals surface area contributed by atoms with Gasteiger partial charge in [-0.2, -0.15) is 0 Å². The van der Waals surface area contributed by atoms with Crippen LogP contribution < -0.4 is 4.90 Å². The van der Waals surface area contributed by atoms with Gasteiger partial charge in [-0.3, -0.25) is 9.78 Å². The fourth-order valence-corrected chi connectivity index (χ4v) is 3.05. The monoisotopic (exact) mass is 270 g/mol. The molecule has 104 valence electrons. The van der Waals surface area contributed by atoms with Crippen molar-refractivity contribution in [2.75, 3.05) is 18.0 Å². The van der Waals surface area contributed by atoms with E-state index >= 15 is 0 Å². The van der Waals surface area contributed by atoms with Crippen LogP contribution in [0.15, 0.2) is 36.5 Å². The van der Waals surface area contributed by atoms with Crippen LogP contribution in [0.1, 0.15) is 19.3 Å². The van der Waals surface area contributed by atoms with Crippen LogP contribution in [0.4, 0.5) is 5.69 Å². The zero-order chi connectivity index (χ0) is 13.9. The lowest BCUT2D eigenvalue weighted by Crippen LogP contribution is -2.36. The average molecular weight is 270 g/mol. The Labute approximate surface area is 118 Å². The molecule has 1 aliphatic rings. The van der Waals surface area contributed by atoms with Gasteiger partial charge in [0.15, 0.2) is 0 Å². The van der Waals surface area contributed by atoms with Crippen molar-refractivity contribution in [3.63, 3.8) is 0 Å². The molecule has 1 atom stereocenters. The highest BCUT2D eigenvalue weighted by Gasteiger charge is 2.23. The van der Waals surface area contributed by atoms with Gasteiger partial charge in [0.1, 0.15) is 0 Å². The van der Waals surface area contributed by atoms with Gasteiger partial charge in [0.2, 0.25) is 0 Å². The highest BCUT2D eigenvalue weighted by molar-refractivity contribution is 5.91. The number of pyridine rings is 1. The third kappa shape index (κ3) is 2.59. The number of nitrogens with zero attached hydrogens (tertiary/aromatic N) is 2. The SMILES string of the molecule is O=C(O)CC1CCCN(c2ccnc3ccccc23)C1. The van der Waals surface area contributed by atoms with E-state index in [9.17, 15) is 4.79 Å². The second-order valence-electron chi connectivity index (χ2n) is 5.40. The first-order valence-electron chi connectivity index (χ1n) is 7.04. The van der Waals surface area contributed by atoms with Gasteiger partial charge in [0.05, 0.1) is 5.52 Å². The van der Waals surface area contributed by atoms with Crippen LogP contribution >= 0.6 is 0 Å². The van der Waals surface area contributed by atoms with Gasteiger partial charge in [0.25, 0.3) is 0 Å². The third-order valence-electron chi connectivity index (χ3n) is 3.95. The molecule has 1 aliphatic heterocycles. The predicted octanol–water partition coefficient (Wildman–Crippen LogP) is 2.93. The van der Waals surface area contributed by atoms with E-state index < -0.39 is 5.97 Å². The third-order valence-corrected chi connectivity index (χ3v) is 3.95. The van der Waals surface area contributed by atoms with Gasteiger partial charge in [-0.25, -0.2) is 0 Å². The lowest BCUT2D eigenvalue weighted by molar-refractivity contribution is -0.138. The van der Waals surface area contributed by atoms with Crippen molar-refractivity contribution >= 4 is 22.6 Å². The number of hydrogen-bond acceptors (Lipinski definition) is 3. The Morgan fingerprint density at radius 1 is 1.35 bits per heavy atom. The molecule has 1 saturated heterocycles. The molecule has 1 aromatic heterocycles. The summed E-state index contributed by atoms with van der Waals surface area (Å²) in [4.78, 5) is 17.6. The van der Waals surface area contributed by atoms with Crippen LogP contribution in [0.5, 0.6) is 0 Å². The molecule has 1 unspecified atom stereocenters. The highest BCUT2D eigenvalue weighted by atomic mass is 16.4. The molecule has 20 heavy (non-hydrogen) atoms. The number of para-hydroxylation sites is 1. The second kappa shape index (κ2) is 5.49. The number of carboxylic acids is 1. The van der Waals surface area contributed by atoms with E-state index in [-0.39, 0.29) is 12.3 Å². The summed E-state index contributed by atoms with van der Waals surface area (Å²) in [6.45, 7) is 1.81. The Bertz CT molecular complexity index is 621. The molecule has 0 saturated carbocycles. The number of hydrogen-bond donors (Lipinski definition) is 1. The van der Waals surface area contributed by atoms with E-state index in [1.807, 2.05) is 30.5 Å². The Hall–Kier alpha value is -2.10. The first kappa shape index (κ1) is 12.9. The number of carbonyl (C=O) groups is 1. The zero-order valence-electron chi connectivity index (χ0n) is 11.3. The summed E-state index contributed by atoms with van der Waals surface area (Å²) in [5.41, 5.74) is 2.16. The molecular weight excluding hydrogens is 252 g/mol. The molecule has 0 bridgehead atoms. The molecular formula is C16H18N2O2. The van der Waals surface area contributed by atoms with Gasteiger partial charge < -0.3 is 10.0 Å². The maximum atomic E-state index is 10.9. The Morgan fingerprint density at radius 2 is 2.20 bits per heavy atom. The van der Waals surface area contributed by atoms with Gasteiger partial charge in [-0.05, 0) is 30.9 Å². The normalized spacial score (nSPS) is 19.2. The first-order chi connectivity index (χ1) is 9.74. The molecule has 3 rings (SSSR count). The molecule has 0 amide bonds. The van der Waals surface area contributed by atoms with Crippen molar-refractivity contribution in [3.8, 4) is 0 Å². The van der Waals surface area contributed by atoms with Gasteiger partial charge in [-0.1, -0.05) is 18.2 Å². The van der Waals surface area contributed by atoms with Crippen molar-refractivity contribution in [3.05, 3.63) is 36.5 Å². The number of fused-ring (bicyclic) bond motifs is 1. The minimum absolute atomic E-state index is 0.244. The van der Waals surface area contributed by atoms with Gasteiger partial charge >= 0.3 is 5.97 Å². The van der Waals surface area contributed by atoms with Gasteiger partial charge in [0, 0.05) is 36.8 Å². The number of rotatable bonds is 3. The second-order valence-corrected chi connectivity index (χ2v) is 5.40. The van der Waals surface area contributed by atoms with E-state index in [4.69, 9.17) is 5.11 Å². The molecule has 1 fully saturated rings. The van der Waals surface area contributed by atoms with E-state index in [1.165, 1.54) is 5.69 Å². The summed E-state index contributed by atoms with van der Waals surface area (Å²) in [6, 6.07) is 10.1. The first-order valence-corrected chi connectivity index (χ1v) is 7.04. The van der Waals surface area contributed by atoms with Crippen LogP contribution in [0.2, 0.25) is 0 Å². The molecule has 1 N–H and O–H groups in total. The lowest BCUT2D eigenvalue weighted by Gasteiger charge is -2.34. The minimum Gasteiger partial charge on any atom is -0.481 e. The summed E-state index contributed by atoms with van der Waals surface area (Å²) < 4.78 is 0. The standard InChI is InChI=1S/C16H18N2O2/c19-16(20)10-12-4-3-9-18(11-12)15-7-8-17-14-6-2-1-5-13(14)15/h1-2,5-8,12H,3-4,9-11H2,(H,19,20). The Morgan fingerprint density at radius 3 is 3.05 bits per heavy atom. The summed E-state index contributed by atoms with van der Waals surface area (Å²) in [5.74, 6) is -0.454. The smallest absolute Gasteiger partial charge is 0.303 e. The summed E-state index contributed by atoms with van der Waals surface area (Å²) in [7, 11) is 0. The molecule has 2 aromatic rings. The van der Waals surface area contributed by atoms with Crippen LogP contribution in [-0.2, 0) is 4.79 Å². The summed E-state index contributed by atoms with van der Waals surface area (Å²) >= 11 is 0. The summed E-state index contributed by atoms with van der Waals surface area (Å²) in [6.07, 6.45) is 4.15. The van der Waals surface area contributed by atoms with E-state index in [1.54, 1.807) is 0 Å². The van der Waals surface area contributed by atoms with Crippen LogP contribution in [0.3, 0.4) is 0 Å². The fraction of sp³-hybridized carbons (Fsp3) is 0.375. The molecule has 4 nitrogen and oxygen atoms in total. The molecule has 1 aromatic carbocycles. The Balaban J connectivity index is 1.88. The molecule has 4 heteroatoms. The maximum absolute atomic E-state index is 10.9. The van der Waals surface area contributed by atoms with Crippen molar-refractivity contribution in [2.45, 2.75) is 19.3 Å². The predicted molar refractivity (Wildman–Crippen MR) is 78.9 cm³/mol. The van der Waals surface area contributed by atoms with Crippen LogP contribution in [-0.4, -0.2) is 29.1 Å². The van der Waals surface area contributed by atoms with Gasteiger partial charge in [-0.15, -0.1) is 0 Å². The van der Waals surface area contributed by atoms with Crippen molar-refractivity contribution in [1.29, 1.82) is 0 Å². The van der Waals surface area contributed by atoms with Crippen LogP contribution in [0.25, 0.3) is 10.9 Å². The highest BCUT2D eigenvalue weighted by Crippen LogP contribution is 2.30. The van der Waals surface area contributed by atoms with Crippen molar-refractivity contribution < 1.29 is 9.90 Å². The number of anilines is 1. The van der Waals surface area contributed by atoms with E-state index in [0.717, 1.165) is 36.8 Å². The molecule has 0 aliphatic carbocycles. The van der Waals surface area contributed by atoms with Crippen LogP contribution in [0, 0.1) is 5.92 Å². The van der Waals surface area contributed by atoms with E-state index in [2.05, 4.69) is 16.0 Å². The minimum atomic E-state index is -0.698. The Kier molecular flexibility index (Phi) is 3.54. The zero-order valence-corrected chi connectivity index (χ0v) is 11.3. The average Bonchev–Trinajstić information content (AvgIpc) is 2.46. The maximum Gasteiger partial charge on any atom is 0.303 e. The molecule has 0 radical (unpaired) electrons. The topological polar surface area (TPSA) is 53.4 Å². The van der Waals surface area contributed by atoms with E-state index in [0.29, 0.717) is 0 Å². The number of piperidine rings is 1. The lowest BCUT2D eigenvalue weighted by atomic mass is 9.94. The van der Waals surface area contributed by atoms with Crippen molar-refractivity contribution in [1.82, 2.24) is 4.98 Å². The van der Waals surface area contributed by atoms with Crippen molar-refractivity contribution in [2.24, 2.45) is 5.92 Å². The number of aliphatic carboxylic acids is 1. The number of carboxylic acid groups (broad SMARTS) is 1. The molecule has 2 heterocycles. The number of aromatic nitrogens is 1. The largest absolute Gasteiger partial charge is 0.481 e. The quantitative estimate of drug-likeness (QED) is 0.931. The molecule has 0 spiro atoms.